The lowest BCUT2D eigenvalue weighted by molar-refractivity contribution is 0.0996. The number of nitrogens with zero attached hydrogens (tertiary/aromatic N) is 3. The van der Waals surface area contributed by atoms with Gasteiger partial charge in [0.2, 0.25) is 0 Å². The largest absolute Gasteiger partial charge is 0.491 e. The van der Waals surface area contributed by atoms with Gasteiger partial charge in [-0.2, -0.15) is 0 Å². The second-order valence-corrected chi connectivity index (χ2v) is 7.64. The second kappa shape index (κ2) is 8.28. The quantitative estimate of drug-likeness (QED) is 0.850. The van der Waals surface area contributed by atoms with Crippen LogP contribution in [0, 0.1) is 0 Å². The van der Waals surface area contributed by atoms with Crippen LogP contribution in [0.1, 0.15) is 31.2 Å². The van der Waals surface area contributed by atoms with E-state index < -0.39 is 0 Å². The van der Waals surface area contributed by atoms with Crippen molar-refractivity contribution in [3.05, 3.63) is 54.2 Å². The molecule has 0 unspecified atom stereocenters. The molecule has 2 fully saturated rings. The fourth-order valence-electron chi connectivity index (χ4n) is 4.58. The summed E-state index contributed by atoms with van der Waals surface area (Å²) in [6.45, 7) is 4.76. The number of likely N-dealkylation sites (tertiary alicyclic amines) is 1. The fourth-order valence-corrected chi connectivity index (χ4v) is 4.58. The Kier molecular flexibility index (Phi) is 5.60. The van der Waals surface area contributed by atoms with Crippen molar-refractivity contribution < 1.29 is 9.84 Å². The molecule has 4 rings (SSSR count). The van der Waals surface area contributed by atoms with E-state index in [1.807, 2.05) is 24.4 Å². The minimum atomic E-state index is 0.0492. The molecule has 27 heavy (non-hydrogen) atoms. The Morgan fingerprint density at radius 3 is 2.52 bits per heavy atom. The zero-order valence-electron chi connectivity index (χ0n) is 15.9. The average Bonchev–Trinajstić information content (AvgIpc) is 3.10. The smallest absolute Gasteiger partial charge is 0.128 e. The van der Waals surface area contributed by atoms with Gasteiger partial charge in [0.05, 0.1) is 6.61 Å². The molecule has 144 valence electrons. The lowest BCUT2D eigenvalue weighted by Crippen LogP contribution is -2.52. The van der Waals surface area contributed by atoms with Crippen LogP contribution in [-0.4, -0.2) is 53.4 Å². The summed E-state index contributed by atoms with van der Waals surface area (Å²) in [5.41, 5.74) is 1.68. The number of hydrogen-bond acceptors (Lipinski definition) is 5. The van der Waals surface area contributed by atoms with E-state index >= 15 is 0 Å². The molecule has 1 spiro atoms. The molecule has 5 heteroatoms. The van der Waals surface area contributed by atoms with Crippen LogP contribution in [0.4, 0.5) is 5.82 Å². The standard InChI is InChI=1S/C22H29N3O2/c26-16-17-27-20-7-5-19(6-8-20)18-25-13-3-9-22(25)10-14-24(15-11-22)21-4-1-2-12-23-21/h1-2,4-8,12,26H,3,9-11,13-18H2. The van der Waals surface area contributed by atoms with E-state index in [0.29, 0.717) is 12.1 Å². The van der Waals surface area contributed by atoms with Crippen molar-refractivity contribution in [3.63, 3.8) is 0 Å². The highest BCUT2D eigenvalue weighted by Crippen LogP contribution is 2.40. The molecule has 0 aliphatic carbocycles. The topological polar surface area (TPSA) is 48.8 Å². The first-order chi connectivity index (χ1) is 13.3. The fraction of sp³-hybridized carbons (Fsp3) is 0.500. The van der Waals surface area contributed by atoms with E-state index in [9.17, 15) is 0 Å². The highest BCUT2D eigenvalue weighted by atomic mass is 16.5. The number of ether oxygens (including phenoxy) is 1. The SMILES string of the molecule is OCCOc1ccc(CN2CCCC23CCN(c2ccccn2)CC3)cc1. The molecular weight excluding hydrogens is 338 g/mol. The van der Waals surface area contributed by atoms with Crippen LogP contribution in [0.3, 0.4) is 0 Å². The molecule has 0 bridgehead atoms. The Hall–Kier alpha value is -2.11. The molecule has 0 saturated carbocycles. The summed E-state index contributed by atoms with van der Waals surface area (Å²) in [6, 6.07) is 14.5. The number of aromatic nitrogens is 1. The van der Waals surface area contributed by atoms with Gasteiger partial charge in [-0.15, -0.1) is 0 Å². The average molecular weight is 367 g/mol. The summed E-state index contributed by atoms with van der Waals surface area (Å²) in [7, 11) is 0. The van der Waals surface area contributed by atoms with Crippen LogP contribution in [0.5, 0.6) is 5.75 Å². The molecule has 5 nitrogen and oxygen atoms in total. The molecule has 1 N–H and O–H groups in total. The molecule has 1 aromatic heterocycles. The van der Waals surface area contributed by atoms with Crippen LogP contribution in [0.2, 0.25) is 0 Å². The van der Waals surface area contributed by atoms with E-state index in [2.05, 4.69) is 39.0 Å². The first-order valence-electron chi connectivity index (χ1n) is 10.0. The predicted octanol–water partition coefficient (Wildman–Crippen LogP) is 3.09. The Labute approximate surface area is 161 Å². The van der Waals surface area contributed by atoms with Crippen molar-refractivity contribution in [3.8, 4) is 5.75 Å². The highest BCUT2D eigenvalue weighted by Gasteiger charge is 2.43. The number of piperidine rings is 1. The first-order valence-corrected chi connectivity index (χ1v) is 10.0. The van der Waals surface area contributed by atoms with Crippen molar-refractivity contribution >= 4 is 5.82 Å². The molecule has 0 amide bonds. The lowest BCUT2D eigenvalue weighted by Gasteiger charge is -2.45. The van der Waals surface area contributed by atoms with Gasteiger partial charge in [-0.1, -0.05) is 18.2 Å². The van der Waals surface area contributed by atoms with Gasteiger partial charge in [-0.25, -0.2) is 4.98 Å². The van der Waals surface area contributed by atoms with Gasteiger partial charge in [0.1, 0.15) is 18.2 Å². The maximum absolute atomic E-state index is 8.87. The second-order valence-electron chi connectivity index (χ2n) is 7.64. The Bertz CT molecular complexity index is 712. The molecule has 2 aromatic rings. The van der Waals surface area contributed by atoms with Crippen LogP contribution >= 0.6 is 0 Å². The minimum absolute atomic E-state index is 0.0492. The zero-order valence-corrected chi connectivity index (χ0v) is 15.9. The summed E-state index contributed by atoms with van der Waals surface area (Å²) < 4.78 is 5.47. The first kappa shape index (κ1) is 18.3. The van der Waals surface area contributed by atoms with Crippen LogP contribution in [-0.2, 0) is 6.54 Å². The Morgan fingerprint density at radius 2 is 1.81 bits per heavy atom. The normalized spacial score (nSPS) is 19.5. The molecule has 1 aromatic carbocycles. The van der Waals surface area contributed by atoms with E-state index in [-0.39, 0.29) is 6.61 Å². The summed E-state index contributed by atoms with van der Waals surface area (Å²) in [4.78, 5) is 9.64. The maximum atomic E-state index is 8.87. The number of aliphatic hydroxyl groups excluding tert-OH is 1. The number of aliphatic hydroxyl groups is 1. The van der Waals surface area contributed by atoms with Crippen LogP contribution in [0.25, 0.3) is 0 Å². The summed E-state index contributed by atoms with van der Waals surface area (Å²) in [5, 5.41) is 8.87. The number of hydrogen-bond donors (Lipinski definition) is 1. The summed E-state index contributed by atoms with van der Waals surface area (Å²) >= 11 is 0. The van der Waals surface area contributed by atoms with E-state index in [1.165, 1.54) is 37.8 Å². The third kappa shape index (κ3) is 4.09. The van der Waals surface area contributed by atoms with Crippen molar-refractivity contribution in [2.45, 2.75) is 37.8 Å². The van der Waals surface area contributed by atoms with Crippen molar-refractivity contribution in [1.82, 2.24) is 9.88 Å². The molecule has 0 radical (unpaired) electrons. The van der Waals surface area contributed by atoms with Crippen LogP contribution in [0.15, 0.2) is 48.7 Å². The van der Waals surface area contributed by atoms with Gasteiger partial charge in [-0.05, 0) is 62.1 Å². The van der Waals surface area contributed by atoms with Gasteiger partial charge >= 0.3 is 0 Å². The minimum Gasteiger partial charge on any atom is -0.491 e. The summed E-state index contributed by atoms with van der Waals surface area (Å²) in [5.74, 6) is 1.93. The van der Waals surface area contributed by atoms with Gasteiger partial charge in [0.25, 0.3) is 0 Å². The monoisotopic (exact) mass is 367 g/mol. The number of anilines is 1. The van der Waals surface area contributed by atoms with E-state index in [4.69, 9.17) is 9.84 Å². The molecule has 2 aliphatic rings. The third-order valence-electron chi connectivity index (χ3n) is 6.07. The predicted molar refractivity (Wildman–Crippen MR) is 107 cm³/mol. The number of rotatable bonds is 6. The lowest BCUT2D eigenvalue weighted by atomic mass is 9.84. The Balaban J connectivity index is 1.38. The summed E-state index contributed by atoms with van der Waals surface area (Å²) in [6.07, 6.45) is 6.90. The van der Waals surface area contributed by atoms with Crippen molar-refractivity contribution in [1.29, 1.82) is 0 Å². The van der Waals surface area contributed by atoms with Gasteiger partial charge in [0.15, 0.2) is 0 Å². The third-order valence-corrected chi connectivity index (χ3v) is 6.07. The Morgan fingerprint density at radius 1 is 1.00 bits per heavy atom. The maximum Gasteiger partial charge on any atom is 0.128 e. The molecule has 2 aliphatic heterocycles. The van der Waals surface area contributed by atoms with Gasteiger partial charge < -0.3 is 14.7 Å². The van der Waals surface area contributed by atoms with E-state index in [0.717, 1.165) is 31.2 Å². The molecule has 3 heterocycles. The van der Waals surface area contributed by atoms with Crippen molar-refractivity contribution in [2.75, 3.05) is 37.7 Å². The molecule has 0 atom stereocenters. The van der Waals surface area contributed by atoms with Crippen molar-refractivity contribution in [2.24, 2.45) is 0 Å². The molecule has 2 saturated heterocycles. The van der Waals surface area contributed by atoms with Crippen LogP contribution < -0.4 is 9.64 Å². The zero-order chi connectivity index (χ0) is 18.5. The number of benzene rings is 1. The number of pyridine rings is 1. The highest BCUT2D eigenvalue weighted by molar-refractivity contribution is 5.38. The van der Waals surface area contributed by atoms with E-state index in [1.54, 1.807) is 0 Å². The molecular formula is C22H29N3O2. The van der Waals surface area contributed by atoms with Gasteiger partial charge in [0, 0.05) is 31.4 Å². The van der Waals surface area contributed by atoms with Gasteiger partial charge in [-0.3, -0.25) is 4.90 Å².